The van der Waals surface area contributed by atoms with E-state index in [1.807, 2.05) is 30.3 Å². The van der Waals surface area contributed by atoms with Crippen LogP contribution >= 0.6 is 0 Å². The van der Waals surface area contributed by atoms with Crippen molar-refractivity contribution in [2.45, 2.75) is 19.5 Å². The van der Waals surface area contributed by atoms with Crippen molar-refractivity contribution >= 4 is 16.8 Å². The largest absolute Gasteiger partial charge is 0.331 e. The monoisotopic (exact) mass is 415 g/mol. The Morgan fingerprint density at radius 3 is 2.19 bits per heavy atom. The lowest BCUT2D eigenvalue weighted by molar-refractivity contribution is 0.0706. The van der Waals surface area contributed by atoms with Crippen molar-refractivity contribution < 1.29 is 10.0 Å². The quantitative estimate of drug-likeness (QED) is 0.374. The summed E-state index contributed by atoms with van der Waals surface area (Å²) >= 11 is 0. The first-order valence-electron chi connectivity index (χ1n) is 9.88. The Morgan fingerprint density at radius 2 is 1.48 bits per heavy atom. The molecule has 0 fully saturated rings. The van der Waals surface area contributed by atoms with E-state index >= 15 is 0 Å². The summed E-state index contributed by atoms with van der Waals surface area (Å²) in [5.74, 6) is -0.608. The van der Waals surface area contributed by atoms with E-state index in [0.717, 1.165) is 11.1 Å². The van der Waals surface area contributed by atoms with E-state index in [1.54, 1.807) is 58.6 Å². The molecule has 4 aromatic rings. The van der Waals surface area contributed by atoms with Crippen LogP contribution in [0.4, 0.5) is 0 Å². The first-order valence-corrected chi connectivity index (χ1v) is 9.88. The number of amides is 1. The highest BCUT2D eigenvalue weighted by Crippen LogP contribution is 2.12. The van der Waals surface area contributed by atoms with E-state index in [9.17, 15) is 14.4 Å². The summed E-state index contributed by atoms with van der Waals surface area (Å²) in [5, 5.41) is 9.24. The third-order valence-corrected chi connectivity index (χ3v) is 5.26. The van der Waals surface area contributed by atoms with E-state index in [1.165, 1.54) is 4.57 Å². The summed E-state index contributed by atoms with van der Waals surface area (Å²) in [6.07, 6.45) is 0.569. The Bertz CT molecular complexity index is 1340. The first kappa shape index (κ1) is 20.3. The summed E-state index contributed by atoms with van der Waals surface area (Å²) in [6, 6.07) is 23.3. The minimum Gasteiger partial charge on any atom is -0.289 e. The topological polar surface area (TPSA) is 93.3 Å². The van der Waals surface area contributed by atoms with Gasteiger partial charge in [0.1, 0.15) is 0 Å². The Hall–Kier alpha value is -3.97. The number of aryl methyl sites for hydroxylation is 1. The molecule has 0 aliphatic carbocycles. The van der Waals surface area contributed by atoms with Gasteiger partial charge in [0.15, 0.2) is 0 Å². The summed E-state index contributed by atoms with van der Waals surface area (Å²) in [5.41, 5.74) is 3.61. The van der Waals surface area contributed by atoms with Crippen molar-refractivity contribution in [3.8, 4) is 0 Å². The minimum atomic E-state index is -0.608. The van der Waals surface area contributed by atoms with Gasteiger partial charge >= 0.3 is 5.69 Å². The van der Waals surface area contributed by atoms with Crippen LogP contribution in [-0.4, -0.2) is 20.2 Å². The van der Waals surface area contributed by atoms with Crippen molar-refractivity contribution in [3.63, 3.8) is 0 Å². The number of hydroxylamine groups is 1. The van der Waals surface area contributed by atoms with E-state index < -0.39 is 5.91 Å². The molecule has 0 aliphatic heterocycles. The first-order chi connectivity index (χ1) is 15.1. The Labute approximate surface area is 177 Å². The average Bonchev–Trinajstić information content (AvgIpc) is 2.82. The highest BCUT2D eigenvalue weighted by molar-refractivity contribution is 5.93. The number of hydrogen-bond donors (Lipinski definition) is 2. The fourth-order valence-electron chi connectivity index (χ4n) is 3.62. The van der Waals surface area contributed by atoms with Crippen LogP contribution in [-0.2, 0) is 19.5 Å². The zero-order valence-electron chi connectivity index (χ0n) is 16.7. The van der Waals surface area contributed by atoms with Gasteiger partial charge in [-0.05, 0) is 41.8 Å². The van der Waals surface area contributed by atoms with Crippen molar-refractivity contribution in [3.05, 3.63) is 116 Å². The molecule has 1 amide bonds. The van der Waals surface area contributed by atoms with Crippen LogP contribution in [0.3, 0.4) is 0 Å². The molecule has 3 aromatic carbocycles. The molecular formula is C24H21N3O4. The van der Waals surface area contributed by atoms with E-state index in [4.69, 9.17) is 5.21 Å². The second kappa shape index (κ2) is 8.81. The van der Waals surface area contributed by atoms with Crippen LogP contribution in [0.15, 0.2) is 88.5 Å². The highest BCUT2D eigenvalue weighted by Gasteiger charge is 2.13. The maximum absolute atomic E-state index is 13.3. The number of nitrogens with zero attached hydrogens (tertiary/aromatic N) is 2. The molecule has 156 valence electrons. The Morgan fingerprint density at radius 1 is 0.806 bits per heavy atom. The van der Waals surface area contributed by atoms with Gasteiger partial charge in [0.05, 0.1) is 17.4 Å². The van der Waals surface area contributed by atoms with Gasteiger partial charge < -0.3 is 0 Å². The van der Waals surface area contributed by atoms with Gasteiger partial charge in [-0.2, -0.15) is 0 Å². The number of carbonyl (C=O) groups is 1. The van der Waals surface area contributed by atoms with Gasteiger partial charge in [0.25, 0.3) is 11.5 Å². The third-order valence-electron chi connectivity index (χ3n) is 5.26. The number of carbonyl (C=O) groups excluding carboxylic acids is 1. The van der Waals surface area contributed by atoms with Crippen LogP contribution < -0.4 is 16.7 Å². The van der Waals surface area contributed by atoms with Gasteiger partial charge in [-0.1, -0.05) is 54.6 Å². The smallest absolute Gasteiger partial charge is 0.289 e. The maximum atomic E-state index is 13.3. The summed E-state index contributed by atoms with van der Waals surface area (Å²) in [7, 11) is 0. The number of nitrogens with one attached hydrogen (secondary N) is 1. The molecule has 31 heavy (non-hydrogen) atoms. The SMILES string of the molecule is O=C(NO)c1ccc(Cn2c(=O)n(CCc3ccccc3)c(=O)c3ccccc32)cc1. The molecule has 0 atom stereocenters. The molecular weight excluding hydrogens is 394 g/mol. The number of hydrogen-bond acceptors (Lipinski definition) is 4. The molecule has 1 heterocycles. The van der Waals surface area contributed by atoms with Gasteiger partial charge in [-0.15, -0.1) is 0 Å². The molecule has 0 aliphatic rings. The van der Waals surface area contributed by atoms with Crippen molar-refractivity contribution in [2.75, 3.05) is 0 Å². The zero-order valence-corrected chi connectivity index (χ0v) is 16.7. The van der Waals surface area contributed by atoms with Gasteiger partial charge in [-0.3, -0.25) is 23.9 Å². The standard InChI is InChI=1S/C24H21N3O4/c28-22(25-31)19-12-10-18(11-13-19)16-27-21-9-5-4-8-20(21)23(29)26(24(27)30)15-14-17-6-2-1-3-7-17/h1-13,31H,14-16H2,(H,25,28). The average molecular weight is 415 g/mol. The summed E-state index contributed by atoms with van der Waals surface area (Å²) < 4.78 is 2.85. The van der Waals surface area contributed by atoms with Crippen LogP contribution in [0, 0.1) is 0 Å². The lowest BCUT2D eigenvalue weighted by atomic mass is 10.1. The third kappa shape index (κ3) is 4.17. The zero-order chi connectivity index (χ0) is 21.8. The minimum absolute atomic E-state index is 0.242. The van der Waals surface area contributed by atoms with Crippen LogP contribution in [0.25, 0.3) is 10.9 Å². The number of aromatic nitrogens is 2. The molecule has 7 heteroatoms. The lowest BCUT2D eigenvalue weighted by Crippen LogP contribution is -2.40. The highest BCUT2D eigenvalue weighted by atomic mass is 16.5. The molecule has 0 radical (unpaired) electrons. The van der Waals surface area contributed by atoms with E-state index in [-0.39, 0.29) is 24.3 Å². The second-order valence-corrected chi connectivity index (χ2v) is 7.22. The van der Waals surface area contributed by atoms with Crippen LogP contribution in [0.1, 0.15) is 21.5 Å². The molecule has 0 unspecified atom stereocenters. The van der Waals surface area contributed by atoms with Gasteiger partial charge in [0, 0.05) is 12.1 Å². The maximum Gasteiger partial charge on any atom is 0.331 e. The fraction of sp³-hybridized carbons (Fsp3) is 0.125. The fourth-order valence-corrected chi connectivity index (χ4v) is 3.62. The Balaban J connectivity index is 1.74. The Kier molecular flexibility index (Phi) is 5.77. The summed E-state index contributed by atoms with van der Waals surface area (Å²) in [6.45, 7) is 0.522. The lowest BCUT2D eigenvalue weighted by Gasteiger charge is -2.14. The normalized spacial score (nSPS) is 10.9. The van der Waals surface area contributed by atoms with Crippen LogP contribution in [0.5, 0.6) is 0 Å². The molecule has 7 nitrogen and oxygen atoms in total. The predicted molar refractivity (Wildman–Crippen MR) is 117 cm³/mol. The molecule has 0 saturated carbocycles. The number of para-hydroxylation sites is 1. The number of fused-ring (bicyclic) bond motifs is 1. The van der Waals surface area contributed by atoms with E-state index in [2.05, 4.69) is 0 Å². The second-order valence-electron chi connectivity index (χ2n) is 7.22. The van der Waals surface area contributed by atoms with Gasteiger partial charge in [-0.25, -0.2) is 10.3 Å². The molecule has 0 bridgehead atoms. The van der Waals surface area contributed by atoms with Gasteiger partial charge in [0.2, 0.25) is 0 Å². The van der Waals surface area contributed by atoms with Crippen molar-refractivity contribution in [1.82, 2.24) is 14.6 Å². The molecule has 0 saturated heterocycles. The molecule has 4 rings (SSSR count). The molecule has 0 spiro atoms. The molecule has 2 N–H and O–H groups in total. The van der Waals surface area contributed by atoms with Crippen LogP contribution in [0.2, 0.25) is 0 Å². The van der Waals surface area contributed by atoms with Crippen molar-refractivity contribution in [2.24, 2.45) is 0 Å². The van der Waals surface area contributed by atoms with E-state index in [0.29, 0.717) is 22.9 Å². The molecule has 1 aromatic heterocycles. The number of rotatable bonds is 6. The van der Waals surface area contributed by atoms with Crippen molar-refractivity contribution in [1.29, 1.82) is 0 Å². The predicted octanol–water partition coefficient (Wildman–Crippen LogP) is 2.57. The summed E-state index contributed by atoms with van der Waals surface area (Å²) in [4.78, 5) is 37.8. The number of benzene rings is 3.